The summed E-state index contributed by atoms with van der Waals surface area (Å²) in [4.78, 5) is 25.9. The van der Waals surface area contributed by atoms with Gasteiger partial charge in [0.15, 0.2) is 0 Å². The van der Waals surface area contributed by atoms with Gasteiger partial charge < -0.3 is 35.8 Å². The van der Waals surface area contributed by atoms with Crippen LogP contribution in [-0.4, -0.2) is 71.5 Å². The summed E-state index contributed by atoms with van der Waals surface area (Å²) in [5.74, 6) is -0.178. The van der Waals surface area contributed by atoms with Gasteiger partial charge >= 0.3 is 6.03 Å². The number of nitrogens with zero attached hydrogens (tertiary/aromatic N) is 1. The van der Waals surface area contributed by atoms with Gasteiger partial charge in [0.05, 0.1) is 44.1 Å². The summed E-state index contributed by atoms with van der Waals surface area (Å²) in [5.41, 5.74) is 2.92. The van der Waals surface area contributed by atoms with Gasteiger partial charge in [-0.2, -0.15) is 0 Å². The lowest BCUT2D eigenvalue weighted by Gasteiger charge is -2.40. The largest absolute Gasteiger partial charge is 0.394 e. The van der Waals surface area contributed by atoms with Crippen LogP contribution < -0.4 is 16.0 Å². The molecule has 1 aromatic carbocycles. The molecule has 1 unspecified atom stereocenters. The molecule has 0 saturated carbocycles. The number of urea groups is 1. The third-order valence-electron chi connectivity index (χ3n) is 5.97. The van der Waals surface area contributed by atoms with Gasteiger partial charge in [0.1, 0.15) is 0 Å². The first-order valence-corrected chi connectivity index (χ1v) is 10.2. The average molecular weight is 404 g/mol. The molecule has 2 saturated heterocycles. The highest BCUT2D eigenvalue weighted by Crippen LogP contribution is 2.39. The monoisotopic (exact) mass is 404 g/mol. The Bertz CT molecular complexity index is 773. The van der Waals surface area contributed by atoms with Crippen LogP contribution in [0.3, 0.4) is 0 Å². The second-order valence-electron chi connectivity index (χ2n) is 7.90. The molecule has 3 aliphatic heterocycles. The molecule has 29 heavy (non-hydrogen) atoms. The number of carbonyl (C=O) groups is 2. The number of rotatable bonds is 5. The van der Waals surface area contributed by atoms with Crippen LogP contribution in [0.15, 0.2) is 18.2 Å². The van der Waals surface area contributed by atoms with Crippen LogP contribution in [-0.2, 0) is 16.1 Å². The van der Waals surface area contributed by atoms with Gasteiger partial charge in [0.25, 0.3) is 0 Å². The highest BCUT2D eigenvalue weighted by atomic mass is 16.5. The van der Waals surface area contributed by atoms with Crippen LogP contribution in [0.4, 0.5) is 10.5 Å². The number of fused-ring (bicyclic) bond motifs is 4. The summed E-state index contributed by atoms with van der Waals surface area (Å²) >= 11 is 0. The van der Waals surface area contributed by atoms with Crippen molar-refractivity contribution in [2.45, 2.75) is 50.1 Å². The van der Waals surface area contributed by atoms with E-state index in [9.17, 15) is 19.8 Å². The van der Waals surface area contributed by atoms with E-state index >= 15 is 0 Å². The molecule has 3 aliphatic rings. The topological polar surface area (TPSA) is 123 Å². The Balaban J connectivity index is 1.27. The molecule has 4 atom stereocenters. The fraction of sp³-hybridized carbons (Fsp3) is 0.600. The Morgan fingerprint density at radius 1 is 1.31 bits per heavy atom. The number of aliphatic hydroxyl groups is 2. The molecule has 158 valence electrons. The van der Waals surface area contributed by atoms with Gasteiger partial charge in [-0.15, -0.1) is 0 Å². The zero-order valence-corrected chi connectivity index (χ0v) is 16.3. The number of nitrogens with one attached hydrogen (secondary N) is 3. The van der Waals surface area contributed by atoms with Gasteiger partial charge in [0, 0.05) is 30.8 Å². The fourth-order valence-corrected chi connectivity index (χ4v) is 4.33. The van der Waals surface area contributed by atoms with E-state index < -0.39 is 12.1 Å². The Morgan fingerprint density at radius 3 is 3.00 bits per heavy atom. The normalized spacial score (nSPS) is 27.7. The average Bonchev–Trinajstić information content (AvgIpc) is 3.22. The molecule has 4 rings (SSSR count). The van der Waals surface area contributed by atoms with Crippen molar-refractivity contribution in [1.29, 1.82) is 0 Å². The first-order chi connectivity index (χ1) is 14.0. The van der Waals surface area contributed by atoms with Gasteiger partial charge in [-0.1, -0.05) is 6.07 Å². The highest BCUT2D eigenvalue weighted by Gasteiger charge is 2.36. The van der Waals surface area contributed by atoms with Crippen LogP contribution in [0.1, 0.15) is 36.5 Å². The van der Waals surface area contributed by atoms with Crippen molar-refractivity contribution in [3.8, 4) is 0 Å². The minimum atomic E-state index is -0.500. The second kappa shape index (κ2) is 8.56. The number of amides is 3. The predicted molar refractivity (Wildman–Crippen MR) is 105 cm³/mol. The molecule has 1 aromatic rings. The van der Waals surface area contributed by atoms with Gasteiger partial charge in [-0.25, -0.2) is 4.79 Å². The lowest BCUT2D eigenvalue weighted by Crippen LogP contribution is -2.46. The lowest BCUT2D eigenvalue weighted by atomic mass is 9.89. The van der Waals surface area contributed by atoms with E-state index in [1.54, 1.807) is 4.90 Å². The van der Waals surface area contributed by atoms with Crippen LogP contribution >= 0.6 is 0 Å². The Hall–Kier alpha value is -2.36. The zero-order chi connectivity index (χ0) is 20.4. The summed E-state index contributed by atoms with van der Waals surface area (Å²) in [5, 5.41) is 28.0. The molecule has 9 nitrogen and oxygen atoms in total. The number of hydrogen-bond donors (Lipinski definition) is 5. The van der Waals surface area contributed by atoms with E-state index in [2.05, 4.69) is 16.0 Å². The lowest BCUT2D eigenvalue weighted by molar-refractivity contribution is -0.131. The Labute approximate surface area is 169 Å². The third kappa shape index (κ3) is 4.31. The first-order valence-electron chi connectivity index (χ1n) is 10.2. The van der Waals surface area contributed by atoms with E-state index in [-0.39, 0.29) is 37.2 Å². The smallest absolute Gasteiger partial charge is 0.315 e. The minimum absolute atomic E-state index is 0.00887. The Kier molecular flexibility index (Phi) is 5.89. The molecule has 3 amide bonds. The highest BCUT2D eigenvalue weighted by molar-refractivity contribution is 5.84. The molecule has 2 fully saturated rings. The van der Waals surface area contributed by atoms with E-state index in [1.165, 1.54) is 0 Å². The fourth-order valence-electron chi connectivity index (χ4n) is 4.33. The molecule has 0 aliphatic carbocycles. The van der Waals surface area contributed by atoms with E-state index in [0.717, 1.165) is 36.1 Å². The maximum atomic E-state index is 12.2. The molecule has 0 radical (unpaired) electrons. The van der Waals surface area contributed by atoms with Crippen molar-refractivity contribution in [3.63, 3.8) is 0 Å². The molecule has 5 N–H and O–H groups in total. The zero-order valence-electron chi connectivity index (χ0n) is 16.3. The van der Waals surface area contributed by atoms with Crippen LogP contribution in [0.2, 0.25) is 0 Å². The van der Waals surface area contributed by atoms with E-state index in [4.69, 9.17) is 4.74 Å². The van der Waals surface area contributed by atoms with Crippen molar-refractivity contribution in [1.82, 2.24) is 15.5 Å². The molecule has 0 aromatic heterocycles. The number of likely N-dealkylation sites (tertiary alicyclic amines) is 1. The third-order valence-corrected chi connectivity index (χ3v) is 5.97. The molecular formula is C20H28N4O5. The van der Waals surface area contributed by atoms with Crippen molar-refractivity contribution in [3.05, 3.63) is 29.3 Å². The molecule has 9 heteroatoms. The Morgan fingerprint density at radius 2 is 2.17 bits per heavy atom. The van der Waals surface area contributed by atoms with Crippen LogP contribution in [0.25, 0.3) is 0 Å². The maximum absolute atomic E-state index is 12.2. The standard InChI is InChI=1S/C20H28N4O5/c25-10-13-2-1-5-24(13)19(27)9-22-20(28)21-8-12-3-4-15-14(6-12)18-7-16(23-15)17(26)11-29-18/h3-4,6,13,16-18,23,25-26H,1-2,5,7-11H2,(H2,21,22,28)/t13?,16-,17-,18+/m1/s1. The SMILES string of the molecule is O=C(NCC(=O)N1CCCC1CO)NCc1ccc2c(c1)[C@@H]1C[C@@H](N2)[C@H](O)CO1. The molecule has 0 spiro atoms. The predicted octanol–water partition coefficient (Wildman–Crippen LogP) is 0.0855. The van der Waals surface area contributed by atoms with E-state index in [0.29, 0.717) is 19.7 Å². The summed E-state index contributed by atoms with van der Waals surface area (Å²) < 4.78 is 5.75. The van der Waals surface area contributed by atoms with Crippen LogP contribution in [0.5, 0.6) is 0 Å². The number of anilines is 1. The second-order valence-corrected chi connectivity index (χ2v) is 7.90. The quantitative estimate of drug-likeness (QED) is 0.474. The minimum Gasteiger partial charge on any atom is -0.394 e. The summed E-state index contributed by atoms with van der Waals surface area (Å²) in [6.45, 7) is 1.13. The van der Waals surface area contributed by atoms with Gasteiger partial charge in [0.2, 0.25) is 5.91 Å². The number of benzene rings is 1. The van der Waals surface area contributed by atoms with Crippen molar-refractivity contribution < 1.29 is 24.5 Å². The summed E-state index contributed by atoms with van der Waals surface area (Å²) in [6, 6.07) is 5.32. The number of aliphatic hydroxyl groups excluding tert-OH is 2. The summed E-state index contributed by atoms with van der Waals surface area (Å²) in [6.07, 6.45) is 1.84. The first kappa shape index (κ1) is 19.9. The van der Waals surface area contributed by atoms with Gasteiger partial charge in [-0.3, -0.25) is 4.79 Å². The molecule has 3 heterocycles. The maximum Gasteiger partial charge on any atom is 0.315 e. The van der Waals surface area contributed by atoms with Crippen molar-refractivity contribution in [2.75, 3.05) is 31.6 Å². The number of hydrogen-bond acceptors (Lipinski definition) is 6. The van der Waals surface area contributed by atoms with Crippen LogP contribution in [0, 0.1) is 0 Å². The summed E-state index contributed by atoms with van der Waals surface area (Å²) in [7, 11) is 0. The van der Waals surface area contributed by atoms with Crippen molar-refractivity contribution >= 4 is 17.6 Å². The molecule has 2 bridgehead atoms. The van der Waals surface area contributed by atoms with Crippen molar-refractivity contribution in [2.24, 2.45) is 0 Å². The van der Waals surface area contributed by atoms with Gasteiger partial charge in [-0.05, 0) is 30.5 Å². The number of ether oxygens (including phenoxy) is 1. The number of carbonyl (C=O) groups excluding carboxylic acids is 2. The molecular weight excluding hydrogens is 376 g/mol. The van der Waals surface area contributed by atoms with E-state index in [1.807, 2.05) is 18.2 Å².